The van der Waals surface area contributed by atoms with Gasteiger partial charge in [0.1, 0.15) is 12.4 Å². The number of aromatic nitrogens is 2. The van der Waals surface area contributed by atoms with Crippen molar-refractivity contribution in [2.45, 2.75) is 27.4 Å². The molecule has 0 unspecified atom stereocenters. The van der Waals surface area contributed by atoms with Crippen molar-refractivity contribution in [3.63, 3.8) is 0 Å². The van der Waals surface area contributed by atoms with E-state index in [0.717, 1.165) is 24.2 Å². The molecular formula is C19H14F4N2O3S2. The van der Waals surface area contributed by atoms with Crippen molar-refractivity contribution in [1.29, 1.82) is 0 Å². The molecule has 0 amide bonds. The molecule has 0 saturated carbocycles. The van der Waals surface area contributed by atoms with E-state index in [0.29, 0.717) is 15.1 Å². The summed E-state index contributed by atoms with van der Waals surface area (Å²) >= 11 is 0.869. The van der Waals surface area contributed by atoms with E-state index in [9.17, 15) is 30.8 Å². The van der Waals surface area contributed by atoms with Crippen molar-refractivity contribution < 1.29 is 26.0 Å². The summed E-state index contributed by atoms with van der Waals surface area (Å²) in [5.74, 6) is -0.500. The van der Waals surface area contributed by atoms with Crippen molar-refractivity contribution >= 4 is 21.6 Å². The predicted octanol–water partition coefficient (Wildman–Crippen LogP) is 4.17. The Balaban J connectivity index is 2.12. The Morgan fingerprint density at radius 2 is 1.63 bits per heavy atom. The molecule has 0 spiro atoms. The summed E-state index contributed by atoms with van der Waals surface area (Å²) in [5, 5.41) is 3.62. The summed E-state index contributed by atoms with van der Waals surface area (Å²) in [6.07, 6.45) is -2.49. The monoisotopic (exact) mass is 458 g/mol. The Morgan fingerprint density at radius 3 is 2.17 bits per heavy atom. The van der Waals surface area contributed by atoms with Crippen LogP contribution in [-0.2, 0) is 16.4 Å². The molecule has 0 bridgehead atoms. The van der Waals surface area contributed by atoms with Crippen LogP contribution in [0, 0.1) is 5.82 Å². The van der Waals surface area contributed by atoms with E-state index in [2.05, 4.69) is 5.10 Å². The van der Waals surface area contributed by atoms with Crippen molar-refractivity contribution in [1.82, 2.24) is 9.78 Å². The Kier molecular flexibility index (Phi) is 6.04. The summed E-state index contributed by atoms with van der Waals surface area (Å²) in [4.78, 5) is 13.2. The molecule has 1 heterocycles. The summed E-state index contributed by atoms with van der Waals surface area (Å²) < 4.78 is 75.2. The highest BCUT2D eigenvalue weighted by Crippen LogP contribution is 2.34. The van der Waals surface area contributed by atoms with Gasteiger partial charge in [0.15, 0.2) is 9.84 Å². The van der Waals surface area contributed by atoms with Gasteiger partial charge in [-0.1, -0.05) is 23.9 Å². The first kappa shape index (κ1) is 22.0. The molecule has 0 aliphatic heterocycles. The van der Waals surface area contributed by atoms with Crippen LogP contribution in [0.25, 0.3) is 11.1 Å². The van der Waals surface area contributed by atoms with Crippen LogP contribution in [-0.4, -0.2) is 30.6 Å². The van der Waals surface area contributed by atoms with E-state index in [1.807, 2.05) is 0 Å². The maximum absolute atomic E-state index is 13.2. The van der Waals surface area contributed by atoms with Crippen molar-refractivity contribution in [2.24, 2.45) is 0 Å². The normalized spacial score (nSPS) is 12.2. The van der Waals surface area contributed by atoms with Crippen LogP contribution in [0.4, 0.5) is 17.6 Å². The second-order valence-corrected chi connectivity index (χ2v) is 9.42. The van der Waals surface area contributed by atoms with Gasteiger partial charge in [0.25, 0.3) is 5.56 Å². The van der Waals surface area contributed by atoms with Gasteiger partial charge in [-0.05, 0) is 42.0 Å². The van der Waals surface area contributed by atoms with E-state index in [-0.39, 0.29) is 15.4 Å². The summed E-state index contributed by atoms with van der Waals surface area (Å²) in [7, 11) is -3.45. The van der Waals surface area contributed by atoms with E-state index < -0.39 is 33.9 Å². The third kappa shape index (κ3) is 5.28. The molecule has 0 N–H and O–H groups in total. The molecule has 3 rings (SSSR count). The number of nitrogens with zero attached hydrogens (tertiary/aromatic N) is 2. The lowest BCUT2D eigenvalue weighted by atomic mass is 10.1. The zero-order chi connectivity index (χ0) is 22.1. The van der Waals surface area contributed by atoms with Crippen LogP contribution in [0.5, 0.6) is 0 Å². The number of hydrogen-bond donors (Lipinski definition) is 0. The van der Waals surface area contributed by atoms with Gasteiger partial charge in [0.2, 0.25) is 0 Å². The zero-order valence-electron chi connectivity index (χ0n) is 15.4. The van der Waals surface area contributed by atoms with Crippen LogP contribution in [0.15, 0.2) is 74.2 Å². The average Bonchev–Trinajstić information content (AvgIpc) is 2.65. The van der Waals surface area contributed by atoms with Crippen molar-refractivity contribution in [3.8, 4) is 11.1 Å². The van der Waals surface area contributed by atoms with E-state index in [4.69, 9.17) is 0 Å². The van der Waals surface area contributed by atoms with Crippen molar-refractivity contribution in [2.75, 3.05) is 6.26 Å². The van der Waals surface area contributed by atoms with E-state index in [1.54, 1.807) is 0 Å². The average molecular weight is 458 g/mol. The van der Waals surface area contributed by atoms with E-state index in [1.165, 1.54) is 48.5 Å². The highest BCUT2D eigenvalue weighted by Gasteiger charge is 2.30. The lowest BCUT2D eigenvalue weighted by Crippen LogP contribution is -2.31. The Hall–Kier alpha value is -2.66. The fourth-order valence-corrected chi connectivity index (χ4v) is 4.17. The molecule has 0 aliphatic carbocycles. The largest absolute Gasteiger partial charge is 0.408 e. The number of sulfone groups is 1. The quantitative estimate of drug-likeness (QED) is 0.537. The summed E-state index contributed by atoms with van der Waals surface area (Å²) in [6, 6.07) is 10.7. The molecule has 0 aliphatic rings. The molecular weight excluding hydrogens is 444 g/mol. The summed E-state index contributed by atoms with van der Waals surface area (Å²) in [5.41, 5.74) is -0.338. The Labute approximate surface area is 173 Å². The van der Waals surface area contributed by atoms with Gasteiger partial charge >= 0.3 is 6.18 Å². The minimum Gasteiger partial charge on any atom is -0.266 e. The predicted molar refractivity (Wildman–Crippen MR) is 104 cm³/mol. The molecule has 30 heavy (non-hydrogen) atoms. The third-order valence-corrected chi connectivity index (χ3v) is 6.19. The number of alkyl halides is 3. The van der Waals surface area contributed by atoms with Gasteiger partial charge in [-0.3, -0.25) is 4.79 Å². The van der Waals surface area contributed by atoms with Gasteiger partial charge in [-0.15, -0.1) is 0 Å². The van der Waals surface area contributed by atoms with Gasteiger partial charge in [0.05, 0.1) is 16.0 Å². The molecule has 11 heteroatoms. The van der Waals surface area contributed by atoms with Crippen LogP contribution in [0.2, 0.25) is 0 Å². The molecule has 0 atom stereocenters. The molecule has 0 fully saturated rings. The van der Waals surface area contributed by atoms with Crippen LogP contribution in [0.1, 0.15) is 0 Å². The second kappa shape index (κ2) is 8.23. The first-order valence-electron chi connectivity index (χ1n) is 8.35. The first-order chi connectivity index (χ1) is 13.9. The highest BCUT2D eigenvalue weighted by molar-refractivity contribution is 7.99. The summed E-state index contributed by atoms with van der Waals surface area (Å²) in [6.45, 7) is -1.56. The zero-order valence-corrected chi connectivity index (χ0v) is 17.0. The molecule has 2 aromatic carbocycles. The fourth-order valence-electron chi connectivity index (χ4n) is 2.56. The number of halogens is 4. The molecule has 3 aromatic rings. The first-order valence-corrected chi connectivity index (χ1v) is 11.1. The highest BCUT2D eigenvalue weighted by atomic mass is 32.2. The third-order valence-electron chi connectivity index (χ3n) is 3.96. The van der Waals surface area contributed by atoms with Gasteiger partial charge in [-0.25, -0.2) is 17.5 Å². The maximum Gasteiger partial charge on any atom is 0.408 e. The molecule has 158 valence electrons. The SMILES string of the molecule is CS(=O)(=O)c1ccc(-c2cnn(CC(F)(F)F)c(=O)c2Sc2ccc(F)cc2)cc1. The van der Waals surface area contributed by atoms with Crippen LogP contribution in [0.3, 0.4) is 0 Å². The Bertz CT molecular complexity index is 1220. The van der Waals surface area contributed by atoms with Crippen molar-refractivity contribution in [3.05, 3.63) is 70.9 Å². The standard InChI is InChI=1S/C19H14F4N2O3S2/c1-30(27,28)15-8-2-12(3-9-15)16-10-24-25(11-19(21,22)23)18(26)17(16)29-14-6-4-13(20)5-7-14/h2-10H,11H2,1H3. The Morgan fingerprint density at radius 1 is 1.03 bits per heavy atom. The minimum atomic E-state index is -4.65. The van der Waals surface area contributed by atoms with Gasteiger partial charge < -0.3 is 0 Å². The topological polar surface area (TPSA) is 69.0 Å². The maximum atomic E-state index is 13.2. The molecule has 5 nitrogen and oxygen atoms in total. The lowest BCUT2D eigenvalue weighted by molar-refractivity contribution is -0.143. The lowest BCUT2D eigenvalue weighted by Gasteiger charge is -2.13. The number of rotatable bonds is 5. The smallest absolute Gasteiger partial charge is 0.266 e. The van der Waals surface area contributed by atoms with Crippen LogP contribution < -0.4 is 5.56 Å². The molecule has 0 radical (unpaired) electrons. The minimum absolute atomic E-state index is 0.0482. The fraction of sp³-hybridized carbons (Fsp3) is 0.158. The van der Waals surface area contributed by atoms with Gasteiger partial charge in [0, 0.05) is 16.7 Å². The molecule has 0 saturated heterocycles. The van der Waals surface area contributed by atoms with Gasteiger partial charge in [-0.2, -0.15) is 18.3 Å². The molecule has 1 aromatic heterocycles. The number of hydrogen-bond acceptors (Lipinski definition) is 5. The van der Waals surface area contributed by atoms with E-state index >= 15 is 0 Å². The second-order valence-electron chi connectivity index (χ2n) is 6.32. The van der Waals surface area contributed by atoms with Crippen LogP contribution >= 0.6 is 11.8 Å². The number of benzene rings is 2.